The van der Waals surface area contributed by atoms with Crippen LogP contribution < -0.4 is 14.4 Å². The van der Waals surface area contributed by atoms with Crippen LogP contribution in [0, 0.1) is 6.92 Å². The summed E-state index contributed by atoms with van der Waals surface area (Å²) in [6, 6.07) is 25.4. The van der Waals surface area contributed by atoms with Crippen molar-refractivity contribution in [2.75, 3.05) is 18.0 Å². The van der Waals surface area contributed by atoms with Crippen molar-refractivity contribution in [1.82, 2.24) is 5.32 Å². The number of aryl methyl sites for hydroxylation is 1. The Hall–Kier alpha value is -3.36. The number of ether oxygens (including phenoxy) is 1. The molecule has 180 valence electrons. The highest BCUT2D eigenvalue weighted by molar-refractivity contribution is 9.10. The van der Waals surface area contributed by atoms with E-state index in [-0.39, 0.29) is 18.0 Å². The number of halogens is 1. The maximum atomic E-state index is 13.6. The lowest BCUT2D eigenvalue weighted by Crippen LogP contribution is -2.40. The number of amides is 1. The number of carbonyl (C=O) groups excluding carboxylic acids is 1. The highest BCUT2D eigenvalue weighted by atomic mass is 79.9. The minimum Gasteiger partial charge on any atom is -0.496 e. The monoisotopic (exact) mass is 552 g/mol. The van der Waals surface area contributed by atoms with Gasteiger partial charge in [-0.2, -0.15) is 0 Å². The van der Waals surface area contributed by atoms with Crippen LogP contribution in [-0.2, 0) is 21.4 Å². The van der Waals surface area contributed by atoms with Gasteiger partial charge in [-0.1, -0.05) is 60.2 Å². The molecule has 1 amide bonds. The van der Waals surface area contributed by atoms with Gasteiger partial charge in [0.1, 0.15) is 12.3 Å². The molecule has 0 unspecified atom stereocenters. The first kappa shape index (κ1) is 24.8. The van der Waals surface area contributed by atoms with E-state index in [4.69, 9.17) is 4.74 Å². The molecule has 8 heteroatoms. The number of nitrogens with one attached hydrogen (secondary N) is 1. The largest absolute Gasteiger partial charge is 0.496 e. The number of nitrogens with zero attached hydrogens (tertiary/aromatic N) is 1. The van der Waals surface area contributed by atoms with Crippen molar-refractivity contribution < 1.29 is 17.9 Å². The predicted molar refractivity (Wildman–Crippen MR) is 142 cm³/mol. The number of benzene rings is 4. The quantitative estimate of drug-likeness (QED) is 0.316. The summed E-state index contributed by atoms with van der Waals surface area (Å²) >= 11 is 3.35. The van der Waals surface area contributed by atoms with Gasteiger partial charge >= 0.3 is 0 Å². The summed E-state index contributed by atoms with van der Waals surface area (Å²) in [4.78, 5) is 13.1. The summed E-state index contributed by atoms with van der Waals surface area (Å²) < 4.78 is 34.1. The Kier molecular flexibility index (Phi) is 7.42. The second-order valence-electron chi connectivity index (χ2n) is 8.06. The number of methoxy groups -OCH3 is 1. The second kappa shape index (κ2) is 10.5. The van der Waals surface area contributed by atoms with Gasteiger partial charge in [-0.15, -0.1) is 0 Å². The Morgan fingerprint density at radius 2 is 1.69 bits per heavy atom. The van der Waals surface area contributed by atoms with Gasteiger partial charge in [0.25, 0.3) is 10.0 Å². The number of fused-ring (bicyclic) bond motifs is 1. The normalized spacial score (nSPS) is 11.3. The zero-order valence-corrected chi connectivity index (χ0v) is 21.8. The predicted octanol–water partition coefficient (Wildman–Crippen LogP) is 5.43. The van der Waals surface area contributed by atoms with Gasteiger partial charge in [0, 0.05) is 6.54 Å². The summed E-state index contributed by atoms with van der Waals surface area (Å²) in [5.74, 6) is 0.105. The molecule has 1 N–H and O–H groups in total. The fraction of sp³-hybridized carbons (Fsp3) is 0.148. The molecule has 0 atom stereocenters. The Labute approximate surface area is 213 Å². The van der Waals surface area contributed by atoms with Crippen LogP contribution in [0.1, 0.15) is 11.1 Å². The molecule has 0 fully saturated rings. The molecule has 0 saturated carbocycles. The lowest BCUT2D eigenvalue weighted by Gasteiger charge is -2.24. The van der Waals surface area contributed by atoms with Crippen LogP contribution in [0.4, 0.5) is 5.69 Å². The minimum absolute atomic E-state index is 0.0487. The Morgan fingerprint density at radius 3 is 2.40 bits per heavy atom. The third-order valence-corrected chi connectivity index (χ3v) is 8.07. The van der Waals surface area contributed by atoms with Gasteiger partial charge < -0.3 is 10.1 Å². The zero-order valence-electron chi connectivity index (χ0n) is 19.4. The molecule has 0 radical (unpaired) electrons. The highest BCUT2D eigenvalue weighted by Gasteiger charge is 2.28. The fourth-order valence-electron chi connectivity index (χ4n) is 3.79. The van der Waals surface area contributed by atoms with Gasteiger partial charge in [-0.3, -0.25) is 9.10 Å². The van der Waals surface area contributed by atoms with E-state index >= 15 is 0 Å². The Morgan fingerprint density at radius 1 is 0.971 bits per heavy atom. The number of anilines is 1. The molecule has 0 aliphatic heterocycles. The standard InChI is InChI=1S/C27H25BrN2O4S/c1-19-10-12-22(13-11-19)30(35(32,33)23-14-15-26(34-2)25(28)16-23)18-27(31)29-17-21-8-5-7-20-6-3-4-9-24(20)21/h3-16H,17-18H2,1-2H3,(H,29,31). The van der Waals surface area contributed by atoms with Gasteiger partial charge in [-0.05, 0) is 69.5 Å². The Bertz CT molecular complexity index is 1470. The Balaban J connectivity index is 1.61. The molecule has 35 heavy (non-hydrogen) atoms. The summed E-state index contributed by atoms with van der Waals surface area (Å²) in [6.45, 7) is 1.84. The van der Waals surface area contributed by atoms with E-state index < -0.39 is 15.9 Å². The van der Waals surface area contributed by atoms with Crippen LogP contribution in [0.5, 0.6) is 5.75 Å². The van der Waals surface area contributed by atoms with E-state index in [1.54, 1.807) is 18.2 Å². The van der Waals surface area contributed by atoms with Gasteiger partial charge in [0.05, 0.1) is 22.2 Å². The van der Waals surface area contributed by atoms with Crippen LogP contribution >= 0.6 is 15.9 Å². The molecular weight excluding hydrogens is 528 g/mol. The summed E-state index contributed by atoms with van der Waals surface area (Å²) in [7, 11) is -2.53. The lowest BCUT2D eigenvalue weighted by atomic mass is 10.0. The molecule has 0 aromatic heterocycles. The minimum atomic E-state index is -4.04. The van der Waals surface area contributed by atoms with Crippen molar-refractivity contribution >= 4 is 48.3 Å². The van der Waals surface area contributed by atoms with E-state index in [0.29, 0.717) is 15.9 Å². The fourth-order valence-corrected chi connectivity index (χ4v) is 5.93. The molecule has 0 saturated heterocycles. The third kappa shape index (κ3) is 5.49. The molecule has 4 rings (SSSR count). The highest BCUT2D eigenvalue weighted by Crippen LogP contribution is 2.30. The molecule has 0 spiro atoms. The number of hydrogen-bond donors (Lipinski definition) is 1. The molecule has 0 bridgehead atoms. The molecule has 0 heterocycles. The second-order valence-corrected chi connectivity index (χ2v) is 10.8. The van der Waals surface area contributed by atoms with E-state index in [2.05, 4.69) is 21.2 Å². The molecule has 0 aliphatic rings. The van der Waals surface area contributed by atoms with Crippen LogP contribution in [0.2, 0.25) is 0 Å². The van der Waals surface area contributed by atoms with Crippen molar-refractivity contribution in [3.8, 4) is 5.75 Å². The number of rotatable bonds is 8. The SMILES string of the molecule is COc1ccc(S(=O)(=O)N(CC(=O)NCc2cccc3ccccc23)c2ccc(C)cc2)cc1Br. The molecule has 6 nitrogen and oxygen atoms in total. The maximum absolute atomic E-state index is 13.6. The zero-order chi connectivity index (χ0) is 25.0. The number of sulfonamides is 1. The first-order chi connectivity index (χ1) is 16.8. The van der Waals surface area contributed by atoms with E-state index in [0.717, 1.165) is 26.2 Å². The first-order valence-corrected chi connectivity index (χ1v) is 13.2. The average Bonchev–Trinajstić information content (AvgIpc) is 2.86. The molecule has 4 aromatic rings. The third-order valence-electron chi connectivity index (χ3n) is 5.68. The molecule has 0 aliphatic carbocycles. The molecule has 4 aromatic carbocycles. The van der Waals surface area contributed by atoms with Gasteiger partial charge in [0.15, 0.2) is 0 Å². The van der Waals surface area contributed by atoms with E-state index in [1.165, 1.54) is 19.2 Å². The van der Waals surface area contributed by atoms with E-state index in [1.807, 2.05) is 61.5 Å². The van der Waals surface area contributed by atoms with Crippen molar-refractivity contribution in [2.24, 2.45) is 0 Å². The first-order valence-electron chi connectivity index (χ1n) is 11.0. The smallest absolute Gasteiger partial charge is 0.264 e. The summed E-state index contributed by atoms with van der Waals surface area (Å²) in [5, 5.41) is 5.00. The maximum Gasteiger partial charge on any atom is 0.264 e. The van der Waals surface area contributed by atoms with Crippen molar-refractivity contribution in [3.63, 3.8) is 0 Å². The van der Waals surface area contributed by atoms with Crippen LogP contribution in [0.3, 0.4) is 0 Å². The van der Waals surface area contributed by atoms with Crippen molar-refractivity contribution in [3.05, 3.63) is 101 Å². The van der Waals surface area contributed by atoms with Crippen LogP contribution in [0.15, 0.2) is 94.3 Å². The average molecular weight is 553 g/mol. The van der Waals surface area contributed by atoms with E-state index in [9.17, 15) is 13.2 Å². The summed E-state index contributed by atoms with van der Waals surface area (Å²) in [5.41, 5.74) is 2.35. The number of carbonyl (C=O) groups is 1. The van der Waals surface area contributed by atoms with Crippen molar-refractivity contribution in [1.29, 1.82) is 0 Å². The summed E-state index contributed by atoms with van der Waals surface area (Å²) in [6.07, 6.45) is 0. The topological polar surface area (TPSA) is 75.7 Å². The number of hydrogen-bond acceptors (Lipinski definition) is 4. The lowest BCUT2D eigenvalue weighted by molar-refractivity contribution is -0.119. The van der Waals surface area contributed by atoms with Crippen LogP contribution in [-0.4, -0.2) is 28.0 Å². The molecular formula is C27H25BrN2O4S. The van der Waals surface area contributed by atoms with Gasteiger partial charge in [0.2, 0.25) is 5.91 Å². The van der Waals surface area contributed by atoms with Crippen molar-refractivity contribution in [2.45, 2.75) is 18.4 Å². The van der Waals surface area contributed by atoms with Crippen LogP contribution in [0.25, 0.3) is 10.8 Å². The van der Waals surface area contributed by atoms with Gasteiger partial charge in [-0.25, -0.2) is 8.42 Å².